The van der Waals surface area contributed by atoms with Crippen molar-refractivity contribution in [1.82, 2.24) is 15.1 Å². The van der Waals surface area contributed by atoms with Crippen molar-refractivity contribution in [3.63, 3.8) is 0 Å². The molecular formula is C19H22BrN3O4. The number of benzene rings is 1. The number of halogens is 1. The van der Waals surface area contributed by atoms with Crippen molar-refractivity contribution in [1.29, 1.82) is 0 Å². The molecule has 4 amide bonds. The zero-order chi connectivity index (χ0) is 19.2. The van der Waals surface area contributed by atoms with E-state index < -0.39 is 11.6 Å². The number of carbonyl (C=O) groups excluding carboxylic acids is 3. The van der Waals surface area contributed by atoms with E-state index in [1.165, 1.54) is 0 Å². The molecule has 27 heavy (non-hydrogen) atoms. The first-order valence-corrected chi connectivity index (χ1v) is 9.97. The average molecular weight is 436 g/mol. The Balaban J connectivity index is 1.41. The Labute approximate surface area is 166 Å². The number of imide groups is 1. The Morgan fingerprint density at radius 3 is 2.67 bits per heavy atom. The summed E-state index contributed by atoms with van der Waals surface area (Å²) in [5, 5.41) is 2.78. The molecular weight excluding hydrogens is 414 g/mol. The Bertz CT molecular complexity index is 780. The van der Waals surface area contributed by atoms with Crippen LogP contribution in [0.3, 0.4) is 0 Å². The number of carbonyl (C=O) groups is 3. The Morgan fingerprint density at radius 1 is 1.30 bits per heavy atom. The van der Waals surface area contributed by atoms with E-state index in [0.717, 1.165) is 27.8 Å². The van der Waals surface area contributed by atoms with Gasteiger partial charge in [-0.15, -0.1) is 0 Å². The summed E-state index contributed by atoms with van der Waals surface area (Å²) in [6.07, 6.45) is 1.65. The summed E-state index contributed by atoms with van der Waals surface area (Å²) in [6.45, 7) is 2.82. The Morgan fingerprint density at radius 2 is 2.00 bits per heavy atom. The summed E-state index contributed by atoms with van der Waals surface area (Å²) in [5.74, 6) is -0.343. The molecule has 2 unspecified atom stereocenters. The molecule has 2 heterocycles. The van der Waals surface area contributed by atoms with Crippen LogP contribution in [0.1, 0.15) is 31.4 Å². The maximum absolute atomic E-state index is 12.8. The maximum Gasteiger partial charge on any atom is 0.325 e. The van der Waals surface area contributed by atoms with Gasteiger partial charge in [-0.1, -0.05) is 28.1 Å². The number of hydrogen-bond acceptors (Lipinski definition) is 4. The number of ether oxygens (including phenoxy) is 1. The summed E-state index contributed by atoms with van der Waals surface area (Å²) in [6, 6.07) is 7.32. The molecule has 0 aromatic heterocycles. The highest BCUT2D eigenvalue weighted by molar-refractivity contribution is 9.10. The summed E-state index contributed by atoms with van der Waals surface area (Å²) in [5.41, 5.74) is 0.134. The zero-order valence-electron chi connectivity index (χ0n) is 15.1. The molecule has 2 atom stereocenters. The number of morpholine rings is 1. The second-order valence-electron chi connectivity index (χ2n) is 7.55. The molecule has 8 heteroatoms. The van der Waals surface area contributed by atoms with Crippen molar-refractivity contribution >= 4 is 33.8 Å². The van der Waals surface area contributed by atoms with Crippen LogP contribution >= 0.6 is 15.9 Å². The van der Waals surface area contributed by atoms with E-state index in [0.29, 0.717) is 19.7 Å². The lowest BCUT2D eigenvalue weighted by atomic mass is 9.96. The van der Waals surface area contributed by atoms with E-state index in [4.69, 9.17) is 4.74 Å². The average Bonchev–Trinajstić information content (AvgIpc) is 3.48. The first-order valence-electron chi connectivity index (χ1n) is 9.17. The molecule has 1 N–H and O–H groups in total. The summed E-state index contributed by atoms with van der Waals surface area (Å²) >= 11 is 3.41. The van der Waals surface area contributed by atoms with Gasteiger partial charge in [-0.2, -0.15) is 0 Å². The SMILES string of the molecule is CC1(C2CC2)NC(=O)N(CC(=O)N2CCOC(c3ccc(Br)cc3)C2)C1=O. The second kappa shape index (κ2) is 6.91. The lowest BCUT2D eigenvalue weighted by Crippen LogP contribution is -2.49. The van der Waals surface area contributed by atoms with Crippen molar-refractivity contribution in [2.75, 3.05) is 26.2 Å². The van der Waals surface area contributed by atoms with E-state index in [1.807, 2.05) is 24.3 Å². The third kappa shape index (κ3) is 3.48. The van der Waals surface area contributed by atoms with Gasteiger partial charge in [-0.25, -0.2) is 4.79 Å². The molecule has 7 nitrogen and oxygen atoms in total. The first-order chi connectivity index (χ1) is 12.9. The molecule has 2 aliphatic heterocycles. The first kappa shape index (κ1) is 18.4. The van der Waals surface area contributed by atoms with Crippen molar-refractivity contribution in [2.45, 2.75) is 31.4 Å². The Kier molecular flexibility index (Phi) is 4.71. The summed E-state index contributed by atoms with van der Waals surface area (Å²) in [7, 11) is 0. The molecule has 1 aliphatic carbocycles. The predicted octanol–water partition coefficient (Wildman–Crippen LogP) is 2.07. The molecule has 144 valence electrons. The third-order valence-corrected chi connectivity index (χ3v) is 6.18. The smallest absolute Gasteiger partial charge is 0.325 e. The van der Waals surface area contributed by atoms with E-state index in [9.17, 15) is 14.4 Å². The predicted molar refractivity (Wildman–Crippen MR) is 101 cm³/mol. The highest BCUT2D eigenvalue weighted by Crippen LogP contribution is 2.42. The van der Waals surface area contributed by atoms with E-state index >= 15 is 0 Å². The minimum absolute atomic E-state index is 0.180. The molecule has 1 aromatic carbocycles. The number of amides is 4. The highest BCUT2D eigenvalue weighted by atomic mass is 79.9. The van der Waals surface area contributed by atoms with E-state index in [1.54, 1.807) is 11.8 Å². The van der Waals surface area contributed by atoms with E-state index in [-0.39, 0.29) is 30.4 Å². The van der Waals surface area contributed by atoms with Crippen molar-refractivity contribution < 1.29 is 19.1 Å². The van der Waals surface area contributed by atoms with Gasteiger partial charge >= 0.3 is 6.03 Å². The number of urea groups is 1. The van der Waals surface area contributed by atoms with Gasteiger partial charge in [-0.3, -0.25) is 14.5 Å². The normalized spacial score (nSPS) is 28.4. The molecule has 0 spiro atoms. The molecule has 1 aromatic rings. The van der Waals surface area contributed by atoms with Gasteiger partial charge < -0.3 is 15.0 Å². The van der Waals surface area contributed by atoms with Gasteiger partial charge in [0.05, 0.1) is 13.2 Å². The standard InChI is InChI=1S/C19H22BrN3O4/c1-19(13-4-5-13)17(25)23(18(26)21-19)11-16(24)22-8-9-27-15(10-22)12-2-6-14(20)7-3-12/h2-3,6-7,13,15H,4-5,8-11H2,1H3,(H,21,26). The number of nitrogens with zero attached hydrogens (tertiary/aromatic N) is 2. The summed E-state index contributed by atoms with van der Waals surface area (Å²) < 4.78 is 6.78. The van der Waals surface area contributed by atoms with E-state index in [2.05, 4.69) is 21.2 Å². The van der Waals surface area contributed by atoms with Gasteiger partial charge in [0.1, 0.15) is 18.2 Å². The van der Waals surface area contributed by atoms with Crippen LogP contribution in [0.4, 0.5) is 4.79 Å². The largest absolute Gasteiger partial charge is 0.370 e. The highest BCUT2D eigenvalue weighted by Gasteiger charge is 2.56. The van der Waals surface area contributed by atoms with Crippen molar-refractivity contribution in [2.24, 2.45) is 5.92 Å². The fraction of sp³-hybridized carbons (Fsp3) is 0.526. The lowest BCUT2D eigenvalue weighted by molar-refractivity contribution is -0.143. The van der Waals surface area contributed by atoms with Crippen LogP contribution in [0.15, 0.2) is 28.7 Å². The minimum atomic E-state index is -0.859. The maximum atomic E-state index is 12.8. The zero-order valence-corrected chi connectivity index (χ0v) is 16.7. The molecule has 3 aliphatic rings. The van der Waals surface area contributed by atoms with Crippen molar-refractivity contribution in [3.8, 4) is 0 Å². The lowest BCUT2D eigenvalue weighted by Gasteiger charge is -2.34. The van der Waals surface area contributed by atoms with Crippen LogP contribution in [0.5, 0.6) is 0 Å². The Hall–Kier alpha value is -1.93. The van der Waals surface area contributed by atoms with Gasteiger partial charge in [0, 0.05) is 11.0 Å². The quantitative estimate of drug-likeness (QED) is 0.734. The summed E-state index contributed by atoms with van der Waals surface area (Å²) in [4.78, 5) is 40.5. The van der Waals surface area contributed by atoms with Gasteiger partial charge in [0.2, 0.25) is 5.91 Å². The van der Waals surface area contributed by atoms with Crippen molar-refractivity contribution in [3.05, 3.63) is 34.3 Å². The van der Waals surface area contributed by atoms with Crippen LogP contribution in [-0.2, 0) is 14.3 Å². The molecule has 0 radical (unpaired) electrons. The molecule has 2 saturated heterocycles. The van der Waals surface area contributed by atoms with Crippen LogP contribution in [0, 0.1) is 5.92 Å². The second-order valence-corrected chi connectivity index (χ2v) is 8.46. The molecule has 0 bridgehead atoms. The minimum Gasteiger partial charge on any atom is -0.370 e. The molecule has 3 fully saturated rings. The molecule has 1 saturated carbocycles. The monoisotopic (exact) mass is 435 g/mol. The van der Waals surface area contributed by atoms with Crippen LogP contribution in [0.2, 0.25) is 0 Å². The number of rotatable bonds is 4. The van der Waals surface area contributed by atoms with Gasteiger partial charge in [-0.05, 0) is 43.4 Å². The van der Waals surface area contributed by atoms with Crippen LogP contribution < -0.4 is 5.32 Å². The fourth-order valence-corrected chi connectivity index (χ4v) is 4.05. The third-order valence-electron chi connectivity index (χ3n) is 5.65. The van der Waals surface area contributed by atoms with Crippen LogP contribution in [-0.4, -0.2) is 59.4 Å². The number of nitrogens with one attached hydrogen (secondary N) is 1. The molecule has 4 rings (SSSR count). The van der Waals surface area contributed by atoms with Gasteiger partial charge in [0.25, 0.3) is 5.91 Å². The fourth-order valence-electron chi connectivity index (χ4n) is 3.79. The van der Waals surface area contributed by atoms with Gasteiger partial charge in [0.15, 0.2) is 0 Å². The number of hydrogen-bond donors (Lipinski definition) is 1. The topological polar surface area (TPSA) is 79.0 Å². The van der Waals surface area contributed by atoms with Crippen LogP contribution in [0.25, 0.3) is 0 Å².